The number of pyridine rings is 1. The fourth-order valence-corrected chi connectivity index (χ4v) is 3.44. The maximum atomic E-state index is 4.55. The van der Waals surface area contributed by atoms with Gasteiger partial charge in [-0.1, -0.05) is 13.0 Å². The van der Waals surface area contributed by atoms with E-state index in [0.717, 1.165) is 42.9 Å². The largest absolute Gasteiger partial charge is 0.387 e. The molecule has 2 aliphatic rings. The summed E-state index contributed by atoms with van der Waals surface area (Å²) in [6.07, 6.45) is 14.7. The Morgan fingerprint density at radius 3 is 3.00 bits per heavy atom. The van der Waals surface area contributed by atoms with Crippen LogP contribution in [0.2, 0.25) is 0 Å². The van der Waals surface area contributed by atoms with Gasteiger partial charge in [0.05, 0.1) is 17.6 Å². The molecule has 26 heavy (non-hydrogen) atoms. The number of allylic oxidation sites excluding steroid dienone is 2. The van der Waals surface area contributed by atoms with Gasteiger partial charge in [-0.05, 0) is 31.9 Å². The summed E-state index contributed by atoms with van der Waals surface area (Å²) in [5, 5.41) is 6.66. The molecule has 0 fully saturated rings. The highest BCUT2D eigenvalue weighted by atomic mass is 15.3. The average molecular weight is 351 g/mol. The van der Waals surface area contributed by atoms with Crippen molar-refractivity contribution in [1.82, 2.24) is 20.1 Å². The maximum absolute atomic E-state index is 4.55. The molecule has 5 heteroatoms. The molecule has 0 saturated heterocycles. The third-order valence-corrected chi connectivity index (χ3v) is 4.82. The first kappa shape index (κ1) is 18.1. The van der Waals surface area contributed by atoms with E-state index < -0.39 is 0 Å². The first-order valence-corrected chi connectivity index (χ1v) is 9.32. The summed E-state index contributed by atoms with van der Waals surface area (Å²) in [4.78, 5) is 9.27. The predicted octanol–water partition coefficient (Wildman–Crippen LogP) is 3.66. The van der Waals surface area contributed by atoms with Gasteiger partial charge in [-0.2, -0.15) is 0 Å². The molecule has 0 aromatic carbocycles. The zero-order valence-electron chi connectivity index (χ0n) is 16.0. The molecule has 0 saturated carbocycles. The van der Waals surface area contributed by atoms with Crippen molar-refractivity contribution in [3.05, 3.63) is 66.5 Å². The molecule has 0 spiro atoms. The van der Waals surface area contributed by atoms with Gasteiger partial charge in [-0.25, -0.2) is 0 Å². The highest BCUT2D eigenvalue weighted by Gasteiger charge is 2.29. The Balaban J connectivity index is 2.01. The fourth-order valence-electron chi connectivity index (χ4n) is 3.44. The Morgan fingerprint density at radius 2 is 2.27 bits per heavy atom. The molecule has 1 atom stereocenters. The normalized spacial score (nSPS) is 18.0. The number of nitrogens with one attached hydrogen (secondary N) is 2. The summed E-state index contributed by atoms with van der Waals surface area (Å²) >= 11 is 0. The zero-order chi connectivity index (χ0) is 18.5. The lowest BCUT2D eigenvalue weighted by Crippen LogP contribution is -2.43. The van der Waals surface area contributed by atoms with Crippen LogP contribution in [0.1, 0.15) is 31.0 Å². The quantitative estimate of drug-likeness (QED) is 0.700. The molecule has 0 radical (unpaired) electrons. The molecule has 0 aliphatic carbocycles. The van der Waals surface area contributed by atoms with Crippen LogP contribution in [0, 0.1) is 6.92 Å². The van der Waals surface area contributed by atoms with Crippen LogP contribution in [0.3, 0.4) is 0 Å². The van der Waals surface area contributed by atoms with E-state index in [1.54, 1.807) is 0 Å². The monoisotopic (exact) mass is 351 g/mol. The van der Waals surface area contributed by atoms with E-state index in [2.05, 4.69) is 70.4 Å². The van der Waals surface area contributed by atoms with Crippen LogP contribution in [0.25, 0.3) is 5.57 Å². The second-order valence-corrected chi connectivity index (χ2v) is 6.66. The van der Waals surface area contributed by atoms with Crippen LogP contribution in [0.15, 0.2) is 55.3 Å². The van der Waals surface area contributed by atoms with E-state index in [-0.39, 0.29) is 6.17 Å². The van der Waals surface area contributed by atoms with Crippen LogP contribution < -0.4 is 10.6 Å². The summed E-state index contributed by atoms with van der Waals surface area (Å²) in [7, 11) is 1.92. The molecule has 5 nitrogen and oxygen atoms in total. The van der Waals surface area contributed by atoms with Crippen LogP contribution in [-0.4, -0.2) is 41.1 Å². The number of anilines is 1. The second-order valence-electron chi connectivity index (χ2n) is 6.66. The number of rotatable bonds is 8. The Labute approximate surface area is 156 Å². The highest BCUT2D eigenvalue weighted by molar-refractivity contribution is 5.78. The minimum atomic E-state index is 0.163. The van der Waals surface area contributed by atoms with Crippen molar-refractivity contribution in [2.45, 2.75) is 32.9 Å². The van der Waals surface area contributed by atoms with Crippen LogP contribution >= 0.6 is 0 Å². The standard InChI is InChI=1S/C21H29N5/c1-5-7-10-25(9-6-2)20-12-17(15-26-11-8-23-21(20)26)19-13-18(22-4)14-24-16(19)3/h5,8,11-15,21-23H,1,6-7,9-10H2,2-4H3. The molecule has 3 heterocycles. The Hall–Kier alpha value is -2.69. The molecule has 138 valence electrons. The minimum Gasteiger partial charge on any atom is -0.387 e. The molecule has 1 aromatic heterocycles. The van der Waals surface area contributed by atoms with Crippen molar-refractivity contribution in [1.29, 1.82) is 0 Å². The molecule has 1 unspecified atom stereocenters. The molecular weight excluding hydrogens is 322 g/mol. The minimum absolute atomic E-state index is 0.163. The highest BCUT2D eigenvalue weighted by Crippen LogP contribution is 2.32. The number of aromatic nitrogens is 1. The van der Waals surface area contributed by atoms with Gasteiger partial charge in [-0.3, -0.25) is 4.98 Å². The summed E-state index contributed by atoms with van der Waals surface area (Å²) in [6.45, 7) is 10.2. The van der Waals surface area contributed by atoms with Crippen molar-refractivity contribution in [2.24, 2.45) is 0 Å². The van der Waals surface area contributed by atoms with E-state index in [9.17, 15) is 0 Å². The van der Waals surface area contributed by atoms with Crippen LogP contribution in [-0.2, 0) is 0 Å². The van der Waals surface area contributed by atoms with E-state index in [1.807, 2.05) is 25.5 Å². The summed E-state index contributed by atoms with van der Waals surface area (Å²) in [6, 6.07) is 2.17. The van der Waals surface area contributed by atoms with Gasteiger partial charge in [0.15, 0.2) is 0 Å². The molecule has 0 amide bonds. The van der Waals surface area contributed by atoms with Gasteiger partial charge in [0.1, 0.15) is 6.17 Å². The lowest BCUT2D eigenvalue weighted by Gasteiger charge is -2.37. The lowest BCUT2D eigenvalue weighted by atomic mass is 10.00. The van der Waals surface area contributed by atoms with E-state index in [0.29, 0.717) is 0 Å². The van der Waals surface area contributed by atoms with Crippen LogP contribution in [0.4, 0.5) is 5.69 Å². The lowest BCUT2D eigenvalue weighted by molar-refractivity contribution is 0.269. The fraction of sp³-hybridized carbons (Fsp3) is 0.381. The van der Waals surface area contributed by atoms with Crippen LogP contribution in [0.5, 0.6) is 0 Å². The number of hydrogen-bond acceptors (Lipinski definition) is 5. The Morgan fingerprint density at radius 1 is 1.42 bits per heavy atom. The van der Waals surface area contributed by atoms with Gasteiger partial charge in [0, 0.05) is 55.6 Å². The van der Waals surface area contributed by atoms with Gasteiger partial charge < -0.3 is 20.4 Å². The smallest absolute Gasteiger partial charge is 0.144 e. The number of nitrogens with zero attached hydrogens (tertiary/aromatic N) is 3. The van der Waals surface area contributed by atoms with Crippen molar-refractivity contribution in [2.75, 3.05) is 25.5 Å². The molecule has 1 aromatic rings. The maximum Gasteiger partial charge on any atom is 0.144 e. The summed E-state index contributed by atoms with van der Waals surface area (Å²) in [5.74, 6) is 0. The number of hydrogen-bond donors (Lipinski definition) is 2. The van der Waals surface area contributed by atoms with Crippen molar-refractivity contribution < 1.29 is 0 Å². The molecule has 2 N–H and O–H groups in total. The first-order chi connectivity index (χ1) is 12.7. The van der Waals surface area contributed by atoms with E-state index >= 15 is 0 Å². The van der Waals surface area contributed by atoms with Crippen molar-refractivity contribution in [3.63, 3.8) is 0 Å². The first-order valence-electron chi connectivity index (χ1n) is 9.32. The molecule has 0 bridgehead atoms. The Bertz CT molecular complexity index is 747. The van der Waals surface area contributed by atoms with Gasteiger partial charge in [0.25, 0.3) is 0 Å². The van der Waals surface area contributed by atoms with Crippen molar-refractivity contribution in [3.8, 4) is 0 Å². The second kappa shape index (κ2) is 8.13. The number of fused-ring (bicyclic) bond motifs is 1. The van der Waals surface area contributed by atoms with E-state index in [4.69, 9.17) is 0 Å². The third-order valence-electron chi connectivity index (χ3n) is 4.82. The topological polar surface area (TPSA) is 43.4 Å². The molecular formula is C21H29N5. The zero-order valence-corrected chi connectivity index (χ0v) is 16.0. The average Bonchev–Trinajstić information content (AvgIpc) is 3.13. The summed E-state index contributed by atoms with van der Waals surface area (Å²) in [5.41, 5.74) is 5.70. The van der Waals surface area contributed by atoms with E-state index in [1.165, 1.54) is 11.3 Å². The summed E-state index contributed by atoms with van der Waals surface area (Å²) < 4.78 is 0. The molecule has 3 rings (SSSR count). The number of aryl methyl sites for hydroxylation is 1. The predicted molar refractivity (Wildman–Crippen MR) is 109 cm³/mol. The third kappa shape index (κ3) is 3.62. The van der Waals surface area contributed by atoms with Gasteiger partial charge >= 0.3 is 0 Å². The molecule has 2 aliphatic heterocycles. The van der Waals surface area contributed by atoms with Gasteiger partial charge in [0.2, 0.25) is 0 Å². The van der Waals surface area contributed by atoms with Gasteiger partial charge in [-0.15, -0.1) is 6.58 Å². The SMILES string of the molecule is C=CCCN(CCC)C1=CC(c2cc(NC)cnc2C)=CN2C=CNC12. The Kier molecular flexibility index (Phi) is 5.66. The van der Waals surface area contributed by atoms with Crippen molar-refractivity contribution >= 4 is 11.3 Å².